The second-order valence-electron chi connectivity index (χ2n) is 6.65. The number of ether oxygens (including phenoxy) is 1. The molecule has 7 heteroatoms. The molecule has 0 aliphatic rings. The second kappa shape index (κ2) is 9.05. The summed E-state index contributed by atoms with van der Waals surface area (Å²) >= 11 is 0. The van der Waals surface area contributed by atoms with Crippen molar-refractivity contribution in [2.24, 2.45) is 7.05 Å². The Balaban J connectivity index is 1.58. The summed E-state index contributed by atoms with van der Waals surface area (Å²) < 4.78 is 7.37. The zero-order valence-corrected chi connectivity index (χ0v) is 16.7. The Morgan fingerprint density at radius 2 is 1.69 bits per heavy atom. The molecule has 0 bridgehead atoms. The van der Waals surface area contributed by atoms with Gasteiger partial charge in [0, 0.05) is 13.2 Å². The lowest BCUT2D eigenvalue weighted by atomic mass is 10.1. The predicted octanol–water partition coefficient (Wildman–Crippen LogP) is 3.59. The molecule has 0 saturated carbocycles. The van der Waals surface area contributed by atoms with Gasteiger partial charge >= 0.3 is 11.8 Å². The molecule has 0 aliphatic heterocycles. The molecule has 0 saturated heterocycles. The molecule has 0 aliphatic carbocycles. The number of nitrogens with one attached hydrogen (secondary N) is 2. The average molecular weight is 392 g/mol. The van der Waals surface area contributed by atoms with Crippen molar-refractivity contribution in [1.29, 1.82) is 0 Å². The van der Waals surface area contributed by atoms with E-state index >= 15 is 0 Å². The molecule has 2 N–H and O–H groups in total. The molecular weight excluding hydrogens is 368 g/mol. The number of carbonyl (C=O) groups is 2. The van der Waals surface area contributed by atoms with Gasteiger partial charge in [0.15, 0.2) is 0 Å². The number of benzene rings is 2. The van der Waals surface area contributed by atoms with Gasteiger partial charge in [-0.15, -0.1) is 0 Å². The van der Waals surface area contributed by atoms with Crippen molar-refractivity contribution in [2.45, 2.75) is 26.3 Å². The van der Waals surface area contributed by atoms with Gasteiger partial charge in [-0.25, -0.2) is 0 Å². The van der Waals surface area contributed by atoms with Crippen LogP contribution < -0.4 is 15.4 Å². The summed E-state index contributed by atoms with van der Waals surface area (Å²) in [6.45, 7) is 3.76. The second-order valence-corrected chi connectivity index (χ2v) is 6.65. The molecule has 7 nitrogen and oxygen atoms in total. The fourth-order valence-electron chi connectivity index (χ4n) is 2.87. The van der Waals surface area contributed by atoms with Gasteiger partial charge in [0.05, 0.1) is 17.4 Å². The minimum atomic E-state index is -0.719. The number of aryl methyl sites for hydroxylation is 2. The number of carbonyl (C=O) groups excluding carboxylic acids is 2. The number of amides is 2. The SMILES string of the molecule is CCc1nn(C)cc1NC(=O)C(=O)NC(C)c1ccc(Oc2ccccc2)cc1. The highest BCUT2D eigenvalue weighted by molar-refractivity contribution is 6.39. The fraction of sp³-hybridized carbons (Fsp3) is 0.227. The first-order chi connectivity index (χ1) is 14.0. The van der Waals surface area contributed by atoms with Crippen molar-refractivity contribution in [3.63, 3.8) is 0 Å². The van der Waals surface area contributed by atoms with Crippen molar-refractivity contribution < 1.29 is 14.3 Å². The summed E-state index contributed by atoms with van der Waals surface area (Å²) in [5.74, 6) is 0.0246. The van der Waals surface area contributed by atoms with Gasteiger partial charge in [0.1, 0.15) is 11.5 Å². The highest BCUT2D eigenvalue weighted by Crippen LogP contribution is 2.23. The quantitative estimate of drug-likeness (QED) is 0.628. The van der Waals surface area contributed by atoms with Gasteiger partial charge in [-0.1, -0.05) is 37.3 Å². The largest absolute Gasteiger partial charge is 0.457 e. The minimum Gasteiger partial charge on any atom is -0.457 e. The third kappa shape index (κ3) is 5.22. The van der Waals surface area contributed by atoms with E-state index in [0.29, 0.717) is 17.9 Å². The first-order valence-corrected chi connectivity index (χ1v) is 9.43. The molecule has 3 aromatic rings. The van der Waals surface area contributed by atoms with Crippen LogP contribution in [0.1, 0.15) is 31.1 Å². The smallest absolute Gasteiger partial charge is 0.313 e. The number of aromatic nitrogens is 2. The standard InChI is InChI=1S/C22H24N4O3/c1-4-19-20(14-26(3)25-19)24-22(28)21(27)23-15(2)16-10-12-18(13-11-16)29-17-8-6-5-7-9-17/h5-15H,4H2,1-3H3,(H,23,27)(H,24,28). The summed E-state index contributed by atoms with van der Waals surface area (Å²) in [5.41, 5.74) is 2.14. The van der Waals surface area contributed by atoms with Crippen LogP contribution in [0.4, 0.5) is 5.69 Å². The third-order valence-corrected chi connectivity index (χ3v) is 4.40. The summed E-state index contributed by atoms with van der Waals surface area (Å²) in [7, 11) is 1.77. The summed E-state index contributed by atoms with van der Waals surface area (Å²) in [5, 5.41) is 9.58. The van der Waals surface area contributed by atoms with E-state index in [0.717, 1.165) is 17.0 Å². The zero-order valence-electron chi connectivity index (χ0n) is 16.7. The van der Waals surface area contributed by atoms with Crippen molar-refractivity contribution in [1.82, 2.24) is 15.1 Å². The maximum atomic E-state index is 12.3. The van der Waals surface area contributed by atoms with E-state index in [4.69, 9.17) is 4.74 Å². The molecule has 3 rings (SSSR count). The molecular formula is C22H24N4O3. The number of anilines is 1. The molecule has 2 amide bonds. The van der Waals surface area contributed by atoms with Crippen LogP contribution in [0.15, 0.2) is 60.8 Å². The van der Waals surface area contributed by atoms with E-state index in [1.807, 2.05) is 68.4 Å². The van der Waals surface area contributed by atoms with Gasteiger partial charge in [0.2, 0.25) is 0 Å². The molecule has 0 fully saturated rings. The number of rotatable bonds is 6. The summed E-state index contributed by atoms with van der Waals surface area (Å²) in [6, 6.07) is 16.5. The highest BCUT2D eigenvalue weighted by Gasteiger charge is 2.19. The van der Waals surface area contributed by atoms with Gasteiger partial charge < -0.3 is 15.4 Å². The zero-order chi connectivity index (χ0) is 20.8. The van der Waals surface area contributed by atoms with E-state index in [-0.39, 0.29) is 6.04 Å². The van der Waals surface area contributed by atoms with Crippen LogP contribution in [0.5, 0.6) is 11.5 Å². The average Bonchev–Trinajstić information content (AvgIpc) is 3.08. The van der Waals surface area contributed by atoms with E-state index < -0.39 is 11.8 Å². The molecule has 1 unspecified atom stereocenters. The number of para-hydroxylation sites is 1. The topological polar surface area (TPSA) is 85.2 Å². The van der Waals surface area contributed by atoms with Crippen LogP contribution >= 0.6 is 0 Å². The Morgan fingerprint density at radius 1 is 1.03 bits per heavy atom. The Morgan fingerprint density at radius 3 is 2.34 bits per heavy atom. The van der Waals surface area contributed by atoms with Gasteiger partial charge in [-0.05, 0) is 43.2 Å². The number of nitrogens with zero attached hydrogens (tertiary/aromatic N) is 2. The molecule has 2 aromatic carbocycles. The van der Waals surface area contributed by atoms with E-state index in [9.17, 15) is 9.59 Å². The van der Waals surface area contributed by atoms with Crippen LogP contribution in [0, 0.1) is 0 Å². The lowest BCUT2D eigenvalue weighted by Crippen LogP contribution is -2.37. The monoisotopic (exact) mass is 392 g/mol. The molecule has 1 atom stereocenters. The Labute approximate surface area is 169 Å². The Bertz CT molecular complexity index is 981. The normalized spacial score (nSPS) is 11.6. The van der Waals surface area contributed by atoms with Gasteiger partial charge in [-0.3, -0.25) is 14.3 Å². The maximum Gasteiger partial charge on any atom is 0.313 e. The maximum absolute atomic E-state index is 12.3. The summed E-state index contributed by atoms with van der Waals surface area (Å²) in [4.78, 5) is 24.5. The van der Waals surface area contributed by atoms with Crippen LogP contribution in [-0.2, 0) is 23.1 Å². The molecule has 1 heterocycles. The Hall–Kier alpha value is -3.61. The van der Waals surface area contributed by atoms with E-state index in [1.54, 1.807) is 17.9 Å². The fourth-order valence-corrected chi connectivity index (χ4v) is 2.87. The van der Waals surface area contributed by atoms with Crippen molar-refractivity contribution in [2.75, 3.05) is 5.32 Å². The predicted molar refractivity (Wildman–Crippen MR) is 111 cm³/mol. The third-order valence-electron chi connectivity index (χ3n) is 4.40. The molecule has 150 valence electrons. The van der Waals surface area contributed by atoms with Crippen LogP contribution in [0.25, 0.3) is 0 Å². The summed E-state index contributed by atoms with van der Waals surface area (Å²) in [6.07, 6.45) is 2.34. The first kappa shape index (κ1) is 20.1. The van der Waals surface area contributed by atoms with Crippen molar-refractivity contribution >= 4 is 17.5 Å². The minimum absolute atomic E-state index is 0.335. The van der Waals surface area contributed by atoms with E-state index in [1.165, 1.54) is 0 Å². The molecule has 0 radical (unpaired) electrons. The van der Waals surface area contributed by atoms with Crippen molar-refractivity contribution in [3.8, 4) is 11.5 Å². The molecule has 0 spiro atoms. The lowest BCUT2D eigenvalue weighted by Gasteiger charge is -2.15. The molecule has 29 heavy (non-hydrogen) atoms. The van der Waals surface area contributed by atoms with Crippen molar-refractivity contribution in [3.05, 3.63) is 72.1 Å². The van der Waals surface area contributed by atoms with Gasteiger partial charge in [0.25, 0.3) is 0 Å². The first-order valence-electron chi connectivity index (χ1n) is 9.43. The molecule has 1 aromatic heterocycles. The van der Waals surface area contributed by atoms with Crippen LogP contribution in [0.3, 0.4) is 0 Å². The lowest BCUT2D eigenvalue weighted by molar-refractivity contribution is -0.136. The number of hydrogen-bond acceptors (Lipinski definition) is 4. The highest BCUT2D eigenvalue weighted by atomic mass is 16.5. The van der Waals surface area contributed by atoms with Crippen LogP contribution in [-0.4, -0.2) is 21.6 Å². The van der Waals surface area contributed by atoms with Gasteiger partial charge in [-0.2, -0.15) is 5.10 Å². The van der Waals surface area contributed by atoms with Crippen LogP contribution in [0.2, 0.25) is 0 Å². The Kier molecular flexibility index (Phi) is 6.29. The van der Waals surface area contributed by atoms with E-state index in [2.05, 4.69) is 15.7 Å². The number of hydrogen-bond donors (Lipinski definition) is 2.